The topological polar surface area (TPSA) is 49.0 Å². The number of allylic oxidation sites excluding steroid dienone is 2. The SMILES string of the molecule is C=CCOc1cccc2c1NC(c1cc(OC)c(OC)c(OC)c1)C1CC=CC21. The van der Waals surface area contributed by atoms with E-state index in [0.29, 0.717) is 35.7 Å². The second-order valence-electron chi connectivity index (χ2n) is 7.25. The van der Waals surface area contributed by atoms with Crippen LogP contribution in [0.3, 0.4) is 0 Å². The fourth-order valence-electron chi connectivity index (χ4n) is 4.47. The molecule has 0 saturated carbocycles. The summed E-state index contributed by atoms with van der Waals surface area (Å²) in [5, 5.41) is 3.75. The summed E-state index contributed by atoms with van der Waals surface area (Å²) in [7, 11) is 4.91. The first-order valence-corrected chi connectivity index (χ1v) is 9.81. The summed E-state index contributed by atoms with van der Waals surface area (Å²) in [5.74, 6) is 3.51. The number of methoxy groups -OCH3 is 3. The molecule has 152 valence electrons. The molecule has 0 amide bonds. The minimum absolute atomic E-state index is 0.0877. The van der Waals surface area contributed by atoms with Crippen molar-refractivity contribution in [1.29, 1.82) is 0 Å². The zero-order valence-corrected chi connectivity index (χ0v) is 17.1. The van der Waals surface area contributed by atoms with E-state index in [2.05, 4.69) is 36.2 Å². The molecule has 1 aliphatic carbocycles. The molecule has 5 nitrogen and oxygen atoms in total. The lowest BCUT2D eigenvalue weighted by Crippen LogP contribution is -2.29. The van der Waals surface area contributed by atoms with Gasteiger partial charge in [-0.2, -0.15) is 0 Å². The van der Waals surface area contributed by atoms with Crippen LogP contribution in [-0.2, 0) is 0 Å². The Bertz CT molecular complexity index is 911. The van der Waals surface area contributed by atoms with Gasteiger partial charge in [0.2, 0.25) is 5.75 Å². The number of rotatable bonds is 7. The van der Waals surface area contributed by atoms with Crippen molar-refractivity contribution in [3.05, 3.63) is 66.3 Å². The molecule has 0 radical (unpaired) electrons. The van der Waals surface area contributed by atoms with E-state index in [1.165, 1.54) is 5.56 Å². The minimum atomic E-state index is 0.0877. The zero-order chi connectivity index (χ0) is 20.4. The fraction of sp³-hybridized carbons (Fsp3) is 0.333. The third-order valence-electron chi connectivity index (χ3n) is 5.76. The largest absolute Gasteiger partial charge is 0.493 e. The van der Waals surface area contributed by atoms with E-state index in [1.54, 1.807) is 27.4 Å². The van der Waals surface area contributed by atoms with Crippen LogP contribution in [0.15, 0.2) is 55.1 Å². The van der Waals surface area contributed by atoms with Crippen LogP contribution >= 0.6 is 0 Å². The van der Waals surface area contributed by atoms with Gasteiger partial charge in [-0.05, 0) is 41.7 Å². The van der Waals surface area contributed by atoms with Crippen molar-refractivity contribution in [1.82, 2.24) is 0 Å². The van der Waals surface area contributed by atoms with E-state index < -0.39 is 0 Å². The Balaban J connectivity index is 1.80. The van der Waals surface area contributed by atoms with E-state index in [-0.39, 0.29) is 6.04 Å². The van der Waals surface area contributed by atoms with Crippen LogP contribution in [0.4, 0.5) is 5.69 Å². The lowest BCUT2D eigenvalue weighted by Gasteiger charge is -2.38. The van der Waals surface area contributed by atoms with Crippen LogP contribution in [0.2, 0.25) is 0 Å². The molecule has 1 N–H and O–H groups in total. The van der Waals surface area contributed by atoms with Crippen LogP contribution in [0, 0.1) is 5.92 Å². The lowest BCUT2D eigenvalue weighted by molar-refractivity contribution is 0.322. The molecule has 0 aromatic heterocycles. The van der Waals surface area contributed by atoms with Gasteiger partial charge in [0, 0.05) is 5.92 Å². The van der Waals surface area contributed by atoms with Gasteiger partial charge in [-0.25, -0.2) is 0 Å². The quantitative estimate of drug-likeness (QED) is 0.663. The van der Waals surface area contributed by atoms with Crippen LogP contribution < -0.4 is 24.3 Å². The molecule has 1 heterocycles. The van der Waals surface area contributed by atoms with Crippen LogP contribution in [-0.4, -0.2) is 27.9 Å². The molecular formula is C24H27NO4. The smallest absolute Gasteiger partial charge is 0.203 e. The average Bonchev–Trinajstić information content (AvgIpc) is 3.26. The Morgan fingerprint density at radius 1 is 1.07 bits per heavy atom. The highest BCUT2D eigenvalue weighted by molar-refractivity contribution is 5.68. The van der Waals surface area contributed by atoms with E-state index in [1.807, 2.05) is 18.2 Å². The molecule has 2 aliphatic rings. The number of fused-ring (bicyclic) bond motifs is 3. The van der Waals surface area contributed by atoms with Crippen molar-refractivity contribution in [2.45, 2.75) is 18.4 Å². The monoisotopic (exact) mass is 393 g/mol. The average molecular weight is 393 g/mol. The first kappa shape index (κ1) is 19.2. The number of ether oxygens (including phenoxy) is 4. The maximum atomic E-state index is 5.94. The van der Waals surface area contributed by atoms with Crippen LogP contribution in [0.25, 0.3) is 0 Å². The fourth-order valence-corrected chi connectivity index (χ4v) is 4.47. The molecule has 0 bridgehead atoms. The highest BCUT2D eigenvalue weighted by Crippen LogP contribution is 2.53. The third kappa shape index (κ3) is 3.31. The first-order chi connectivity index (χ1) is 14.2. The molecular weight excluding hydrogens is 366 g/mol. The molecule has 0 fully saturated rings. The molecule has 0 spiro atoms. The van der Waals surface area contributed by atoms with Gasteiger partial charge in [0.05, 0.1) is 33.1 Å². The van der Waals surface area contributed by atoms with E-state index in [4.69, 9.17) is 18.9 Å². The Hall–Kier alpha value is -3.08. The summed E-state index contributed by atoms with van der Waals surface area (Å²) in [5.41, 5.74) is 3.41. The summed E-state index contributed by atoms with van der Waals surface area (Å²) >= 11 is 0. The van der Waals surface area contributed by atoms with Gasteiger partial charge in [0.15, 0.2) is 11.5 Å². The highest BCUT2D eigenvalue weighted by atomic mass is 16.5. The second kappa shape index (κ2) is 8.11. The van der Waals surface area contributed by atoms with E-state index in [0.717, 1.165) is 23.4 Å². The summed E-state index contributed by atoms with van der Waals surface area (Å²) in [6, 6.07) is 10.4. The third-order valence-corrected chi connectivity index (χ3v) is 5.76. The van der Waals surface area contributed by atoms with Gasteiger partial charge in [0.25, 0.3) is 0 Å². The number of anilines is 1. The molecule has 5 heteroatoms. The maximum Gasteiger partial charge on any atom is 0.203 e. The van der Waals surface area contributed by atoms with E-state index in [9.17, 15) is 0 Å². The Morgan fingerprint density at radius 2 is 1.83 bits per heavy atom. The van der Waals surface area contributed by atoms with Gasteiger partial charge in [-0.3, -0.25) is 0 Å². The molecule has 29 heavy (non-hydrogen) atoms. The Labute approximate surface area is 171 Å². The molecule has 1 aliphatic heterocycles. The Kier molecular flexibility index (Phi) is 5.38. The molecule has 2 aromatic rings. The van der Waals surface area contributed by atoms with Crippen molar-refractivity contribution >= 4 is 5.69 Å². The Morgan fingerprint density at radius 3 is 2.48 bits per heavy atom. The minimum Gasteiger partial charge on any atom is -0.493 e. The van der Waals surface area contributed by atoms with Crippen molar-refractivity contribution in [3.8, 4) is 23.0 Å². The number of nitrogens with one attached hydrogen (secondary N) is 1. The van der Waals surface area contributed by atoms with Gasteiger partial charge in [0.1, 0.15) is 12.4 Å². The van der Waals surface area contributed by atoms with Crippen molar-refractivity contribution in [2.24, 2.45) is 5.92 Å². The molecule has 4 rings (SSSR count). The molecule has 0 saturated heterocycles. The second-order valence-corrected chi connectivity index (χ2v) is 7.25. The molecule has 3 atom stereocenters. The molecule has 3 unspecified atom stereocenters. The van der Waals surface area contributed by atoms with Crippen molar-refractivity contribution < 1.29 is 18.9 Å². The predicted molar refractivity (Wildman–Crippen MR) is 115 cm³/mol. The van der Waals surface area contributed by atoms with Crippen molar-refractivity contribution in [3.63, 3.8) is 0 Å². The highest BCUT2D eigenvalue weighted by Gasteiger charge is 2.39. The van der Waals surface area contributed by atoms with Crippen LogP contribution in [0.1, 0.15) is 29.5 Å². The molecule has 2 aromatic carbocycles. The van der Waals surface area contributed by atoms with E-state index >= 15 is 0 Å². The zero-order valence-electron chi connectivity index (χ0n) is 17.1. The standard InChI is InChI=1S/C24H27NO4/c1-5-12-29-19-11-7-10-18-16-8-6-9-17(16)22(25-23(18)19)15-13-20(26-2)24(28-4)21(14-15)27-3/h5-8,10-11,13-14,16-17,22,25H,1,9,12H2,2-4H3. The summed E-state index contributed by atoms with van der Waals surface area (Å²) in [6.07, 6.45) is 7.36. The number of para-hydroxylation sites is 1. The van der Waals surface area contributed by atoms with Gasteiger partial charge in [-0.1, -0.05) is 36.9 Å². The summed E-state index contributed by atoms with van der Waals surface area (Å²) in [6.45, 7) is 4.23. The predicted octanol–water partition coefficient (Wildman–Crippen LogP) is 5.10. The summed E-state index contributed by atoms with van der Waals surface area (Å²) < 4.78 is 22.6. The summed E-state index contributed by atoms with van der Waals surface area (Å²) in [4.78, 5) is 0. The normalized spacial score (nSPS) is 21.6. The first-order valence-electron chi connectivity index (χ1n) is 9.81. The van der Waals surface area contributed by atoms with Crippen molar-refractivity contribution in [2.75, 3.05) is 33.3 Å². The van der Waals surface area contributed by atoms with Crippen LogP contribution in [0.5, 0.6) is 23.0 Å². The lowest BCUT2D eigenvalue weighted by atomic mass is 9.77. The van der Waals surface area contributed by atoms with Gasteiger partial charge < -0.3 is 24.3 Å². The number of hydrogen-bond donors (Lipinski definition) is 1. The maximum absolute atomic E-state index is 5.94. The van der Waals surface area contributed by atoms with Gasteiger partial charge in [-0.15, -0.1) is 0 Å². The van der Waals surface area contributed by atoms with Gasteiger partial charge >= 0.3 is 0 Å². The number of hydrogen-bond acceptors (Lipinski definition) is 5. The number of benzene rings is 2.